The Kier molecular flexibility index (Phi) is 4.71. The van der Waals surface area contributed by atoms with Gasteiger partial charge in [0.05, 0.1) is 4.90 Å². The lowest BCUT2D eigenvalue weighted by molar-refractivity contribution is 0.0583. The van der Waals surface area contributed by atoms with Crippen LogP contribution in [0, 0.1) is 5.41 Å². The number of hydrogen-bond acceptors (Lipinski definition) is 3. The summed E-state index contributed by atoms with van der Waals surface area (Å²) in [5, 5.41) is 0. The second kappa shape index (κ2) is 5.89. The van der Waals surface area contributed by atoms with Crippen molar-refractivity contribution >= 4 is 41.6 Å². The Labute approximate surface area is 138 Å². The Morgan fingerprint density at radius 1 is 1.33 bits per heavy atom. The highest BCUT2D eigenvalue weighted by Crippen LogP contribution is 2.30. The van der Waals surface area contributed by atoms with Gasteiger partial charge in [0.15, 0.2) is 0 Å². The second-order valence-electron chi connectivity index (χ2n) is 6.11. The van der Waals surface area contributed by atoms with E-state index >= 15 is 0 Å². The number of nitrogens with zero attached hydrogens (tertiary/aromatic N) is 1. The Morgan fingerprint density at radius 3 is 2.57 bits per heavy atom. The van der Waals surface area contributed by atoms with Gasteiger partial charge in [-0.2, -0.15) is 0 Å². The normalized spacial score (nSPS) is 18.6. The maximum Gasteiger partial charge on any atom is 0.261 e. The van der Waals surface area contributed by atoms with E-state index in [2.05, 4.69) is 29.8 Å². The van der Waals surface area contributed by atoms with E-state index in [-0.39, 0.29) is 16.2 Å². The fourth-order valence-electron chi connectivity index (χ4n) is 2.61. The van der Waals surface area contributed by atoms with Crippen molar-refractivity contribution < 1.29 is 13.2 Å². The van der Waals surface area contributed by atoms with Crippen molar-refractivity contribution in [2.45, 2.75) is 31.6 Å². The lowest BCUT2D eigenvalue weighted by atomic mass is 9.84. The molecule has 0 saturated carbocycles. The molecule has 0 unspecified atom stereocenters. The van der Waals surface area contributed by atoms with Gasteiger partial charge in [-0.3, -0.25) is 4.79 Å². The van der Waals surface area contributed by atoms with Gasteiger partial charge in [-0.25, -0.2) is 8.42 Å². The first-order valence-electron chi connectivity index (χ1n) is 6.63. The van der Waals surface area contributed by atoms with E-state index in [0.717, 1.165) is 12.8 Å². The molecular formula is C14H17BrClNO3S. The van der Waals surface area contributed by atoms with Crippen molar-refractivity contribution in [2.24, 2.45) is 5.41 Å². The third-order valence-electron chi connectivity index (χ3n) is 3.59. The minimum absolute atomic E-state index is 0.0711. The third kappa shape index (κ3) is 4.20. The third-order valence-corrected chi connectivity index (χ3v) is 5.38. The molecule has 0 aliphatic carbocycles. The first-order chi connectivity index (χ1) is 9.58. The topological polar surface area (TPSA) is 54.5 Å². The molecule has 1 aliphatic heterocycles. The molecule has 1 heterocycles. The summed E-state index contributed by atoms with van der Waals surface area (Å²) in [6.45, 7) is 5.61. The number of amides is 1. The largest absolute Gasteiger partial charge is 0.338 e. The summed E-state index contributed by atoms with van der Waals surface area (Å²) in [6.07, 6.45) is 2.03. The number of rotatable bonds is 2. The molecule has 1 saturated heterocycles. The number of carbonyl (C=O) groups is 1. The van der Waals surface area contributed by atoms with E-state index in [1.807, 2.05) is 0 Å². The summed E-state index contributed by atoms with van der Waals surface area (Å²) in [7, 11) is 1.50. The van der Waals surface area contributed by atoms with Crippen LogP contribution in [0.15, 0.2) is 27.6 Å². The van der Waals surface area contributed by atoms with Crippen molar-refractivity contribution in [3.05, 3.63) is 28.2 Å². The Balaban J connectivity index is 2.33. The summed E-state index contributed by atoms with van der Waals surface area (Å²) < 4.78 is 23.4. The molecule has 0 N–H and O–H groups in total. The van der Waals surface area contributed by atoms with Crippen LogP contribution in [0.5, 0.6) is 0 Å². The highest BCUT2D eigenvalue weighted by Gasteiger charge is 2.30. The molecule has 21 heavy (non-hydrogen) atoms. The number of carbonyl (C=O) groups excluding carboxylic acids is 1. The minimum Gasteiger partial charge on any atom is -0.338 e. The van der Waals surface area contributed by atoms with Crippen LogP contribution in [0.1, 0.15) is 37.0 Å². The smallest absolute Gasteiger partial charge is 0.261 e. The van der Waals surface area contributed by atoms with Gasteiger partial charge in [0.2, 0.25) is 0 Å². The summed E-state index contributed by atoms with van der Waals surface area (Å²) in [4.78, 5) is 14.3. The molecule has 1 aromatic rings. The van der Waals surface area contributed by atoms with Crippen molar-refractivity contribution in [1.82, 2.24) is 4.90 Å². The summed E-state index contributed by atoms with van der Waals surface area (Å²) in [5.74, 6) is -0.161. The van der Waals surface area contributed by atoms with Crippen molar-refractivity contribution in [3.8, 4) is 0 Å². The predicted molar refractivity (Wildman–Crippen MR) is 86.1 cm³/mol. The van der Waals surface area contributed by atoms with E-state index in [4.69, 9.17) is 10.7 Å². The van der Waals surface area contributed by atoms with Gasteiger partial charge < -0.3 is 4.90 Å². The van der Waals surface area contributed by atoms with Gasteiger partial charge in [-0.15, -0.1) is 0 Å². The average Bonchev–Trinajstić information content (AvgIpc) is 2.35. The number of likely N-dealkylation sites (tertiary alicyclic amines) is 1. The number of hydrogen-bond donors (Lipinski definition) is 0. The maximum atomic E-state index is 12.6. The lowest BCUT2D eigenvalue weighted by Gasteiger charge is -2.38. The number of benzene rings is 1. The molecule has 116 valence electrons. The Morgan fingerprint density at radius 2 is 2.00 bits per heavy atom. The van der Waals surface area contributed by atoms with Crippen LogP contribution >= 0.6 is 26.6 Å². The summed E-state index contributed by atoms with van der Waals surface area (Å²) in [6, 6.07) is 4.34. The molecule has 0 atom stereocenters. The molecule has 7 heteroatoms. The molecule has 1 fully saturated rings. The summed E-state index contributed by atoms with van der Waals surface area (Å²) in [5.41, 5.74) is 0.419. The van der Waals surface area contributed by atoms with Crippen LogP contribution in [0.3, 0.4) is 0 Å². The molecule has 4 nitrogen and oxygen atoms in total. The second-order valence-corrected chi connectivity index (χ2v) is 9.59. The van der Waals surface area contributed by atoms with Crippen LogP contribution in [0.4, 0.5) is 0 Å². The van der Waals surface area contributed by atoms with E-state index in [9.17, 15) is 13.2 Å². The molecule has 0 radical (unpaired) electrons. The molecule has 1 aromatic carbocycles. The van der Waals surface area contributed by atoms with Crippen molar-refractivity contribution in [1.29, 1.82) is 0 Å². The zero-order valence-electron chi connectivity index (χ0n) is 11.9. The molecular weight excluding hydrogens is 378 g/mol. The van der Waals surface area contributed by atoms with Crippen LogP contribution < -0.4 is 0 Å². The first kappa shape index (κ1) is 16.8. The van der Waals surface area contributed by atoms with Crippen LogP contribution in [0.25, 0.3) is 0 Å². The van der Waals surface area contributed by atoms with Crippen LogP contribution in [-0.4, -0.2) is 32.3 Å². The van der Waals surface area contributed by atoms with E-state index in [1.165, 1.54) is 12.1 Å². The lowest BCUT2D eigenvalue weighted by Crippen LogP contribution is -2.43. The monoisotopic (exact) mass is 393 g/mol. The molecule has 1 aliphatic rings. The Bertz CT molecular complexity index is 673. The predicted octanol–water partition coefficient (Wildman–Crippen LogP) is 3.64. The fourth-order valence-corrected chi connectivity index (χ4v) is 4.05. The van der Waals surface area contributed by atoms with E-state index in [0.29, 0.717) is 23.1 Å². The quantitative estimate of drug-likeness (QED) is 0.720. The molecule has 2 rings (SSSR count). The molecule has 0 spiro atoms. The van der Waals surface area contributed by atoms with Gasteiger partial charge >= 0.3 is 0 Å². The van der Waals surface area contributed by atoms with Crippen LogP contribution in [-0.2, 0) is 9.05 Å². The first-order valence-corrected chi connectivity index (χ1v) is 9.73. The minimum atomic E-state index is -3.86. The standard InChI is InChI=1S/C14H17BrClNO3S/c1-14(2)4-3-5-17(9-14)13(18)10-6-11(15)8-12(7-10)21(16,19)20/h6-8H,3-5,9H2,1-2H3. The van der Waals surface area contributed by atoms with Gasteiger partial charge in [-0.05, 0) is 36.5 Å². The SMILES string of the molecule is CC1(C)CCCN(C(=O)c2cc(Br)cc(S(=O)(=O)Cl)c2)C1. The highest BCUT2D eigenvalue weighted by atomic mass is 79.9. The zero-order valence-corrected chi connectivity index (χ0v) is 15.1. The van der Waals surface area contributed by atoms with Gasteiger partial charge in [-0.1, -0.05) is 29.8 Å². The fraction of sp³-hybridized carbons (Fsp3) is 0.500. The molecule has 1 amide bonds. The number of piperidine rings is 1. The van der Waals surface area contributed by atoms with Gasteiger partial charge in [0, 0.05) is 33.8 Å². The van der Waals surface area contributed by atoms with Gasteiger partial charge in [0.1, 0.15) is 0 Å². The van der Waals surface area contributed by atoms with Crippen LogP contribution in [0.2, 0.25) is 0 Å². The average molecular weight is 395 g/mol. The Hall–Kier alpha value is -0.590. The van der Waals surface area contributed by atoms with Crippen molar-refractivity contribution in [3.63, 3.8) is 0 Å². The van der Waals surface area contributed by atoms with Gasteiger partial charge in [0.25, 0.3) is 15.0 Å². The molecule has 0 bridgehead atoms. The summed E-state index contributed by atoms with van der Waals surface area (Å²) >= 11 is 3.23. The zero-order chi connectivity index (χ0) is 15.8. The number of halogens is 2. The van der Waals surface area contributed by atoms with Crippen molar-refractivity contribution in [2.75, 3.05) is 13.1 Å². The highest BCUT2D eigenvalue weighted by molar-refractivity contribution is 9.10. The van der Waals surface area contributed by atoms with E-state index in [1.54, 1.807) is 11.0 Å². The van der Waals surface area contributed by atoms with E-state index < -0.39 is 9.05 Å². The maximum absolute atomic E-state index is 12.6. The molecule has 0 aromatic heterocycles.